The molecule has 174 valence electrons. The van der Waals surface area contributed by atoms with Crippen LogP contribution in [-0.2, 0) is 14.8 Å². The zero-order chi connectivity index (χ0) is 23.3. The molecule has 0 atom stereocenters. The van der Waals surface area contributed by atoms with E-state index < -0.39 is 10.0 Å². The normalized spacial score (nSPS) is 15.8. The summed E-state index contributed by atoms with van der Waals surface area (Å²) in [6, 6.07) is 3.26. The number of rotatable bonds is 7. The van der Waals surface area contributed by atoms with Gasteiger partial charge < -0.3 is 9.80 Å². The van der Waals surface area contributed by atoms with E-state index >= 15 is 0 Å². The minimum atomic E-state index is -3.65. The van der Waals surface area contributed by atoms with Gasteiger partial charge in [0, 0.05) is 58.9 Å². The molecule has 1 aromatic rings. The van der Waals surface area contributed by atoms with Gasteiger partial charge in [-0.15, -0.1) is 0 Å². The monoisotopic (exact) mass is 452 g/mol. The first kappa shape index (κ1) is 25.3. The van der Waals surface area contributed by atoms with Gasteiger partial charge in [-0.2, -0.15) is 0 Å². The molecule has 1 aliphatic heterocycles. The summed E-state index contributed by atoms with van der Waals surface area (Å²) in [6.07, 6.45) is 0.769. The van der Waals surface area contributed by atoms with Gasteiger partial charge >= 0.3 is 0 Å². The summed E-state index contributed by atoms with van der Waals surface area (Å²) >= 11 is 0. The molecule has 1 saturated heterocycles. The van der Waals surface area contributed by atoms with E-state index in [1.165, 1.54) is 24.5 Å². The van der Waals surface area contributed by atoms with Crippen molar-refractivity contribution in [2.24, 2.45) is 0 Å². The highest BCUT2D eigenvalue weighted by Crippen LogP contribution is 2.24. The summed E-state index contributed by atoms with van der Waals surface area (Å²) in [5.74, 6) is -0.0623. The van der Waals surface area contributed by atoms with Crippen molar-refractivity contribution in [2.45, 2.75) is 39.0 Å². The number of nitrogens with zero attached hydrogens (tertiary/aromatic N) is 4. The van der Waals surface area contributed by atoms with Crippen molar-refractivity contribution in [3.63, 3.8) is 0 Å². The maximum atomic E-state index is 13.2. The van der Waals surface area contributed by atoms with Gasteiger partial charge in [-0.25, -0.2) is 12.7 Å². The van der Waals surface area contributed by atoms with E-state index in [4.69, 9.17) is 0 Å². The summed E-state index contributed by atoms with van der Waals surface area (Å²) in [5.41, 5.74) is 1.81. The second kappa shape index (κ2) is 10.6. The van der Waals surface area contributed by atoms with Gasteiger partial charge in [-0.3, -0.25) is 14.5 Å². The quantitative estimate of drug-likeness (QED) is 0.627. The fraction of sp³-hybridized carbons (Fsp3) is 0.636. The Morgan fingerprint density at radius 2 is 1.65 bits per heavy atom. The van der Waals surface area contributed by atoms with Gasteiger partial charge in [0.15, 0.2) is 0 Å². The lowest BCUT2D eigenvalue weighted by atomic mass is 10.1. The molecule has 0 spiro atoms. The van der Waals surface area contributed by atoms with Crippen molar-refractivity contribution in [1.82, 2.24) is 19.0 Å². The highest BCUT2D eigenvalue weighted by atomic mass is 32.2. The third-order valence-electron chi connectivity index (χ3n) is 5.98. The smallest absolute Gasteiger partial charge is 0.253 e. The lowest BCUT2D eigenvalue weighted by Crippen LogP contribution is -2.42. The van der Waals surface area contributed by atoms with Crippen LogP contribution in [0.15, 0.2) is 17.0 Å². The maximum absolute atomic E-state index is 13.2. The van der Waals surface area contributed by atoms with Crippen LogP contribution in [0.25, 0.3) is 0 Å². The van der Waals surface area contributed by atoms with Crippen LogP contribution in [0.5, 0.6) is 0 Å². The van der Waals surface area contributed by atoms with E-state index in [0.29, 0.717) is 50.4 Å². The zero-order valence-electron chi connectivity index (χ0n) is 19.6. The number of carbonyl (C=O) groups is 2. The molecule has 1 aromatic carbocycles. The molecule has 0 unspecified atom stereocenters. The first-order valence-corrected chi connectivity index (χ1v) is 12.3. The van der Waals surface area contributed by atoms with Gasteiger partial charge in [0.1, 0.15) is 0 Å². The number of amides is 2. The van der Waals surface area contributed by atoms with Crippen LogP contribution in [0.4, 0.5) is 0 Å². The molecular weight excluding hydrogens is 416 g/mol. The lowest BCUT2D eigenvalue weighted by Gasteiger charge is -2.25. The number of likely N-dealkylation sites (N-methyl/N-ethyl adjacent to an activating group) is 1. The van der Waals surface area contributed by atoms with Gasteiger partial charge in [0.2, 0.25) is 15.9 Å². The topological polar surface area (TPSA) is 81.2 Å². The average molecular weight is 453 g/mol. The Balaban J connectivity index is 2.17. The van der Waals surface area contributed by atoms with Crippen molar-refractivity contribution >= 4 is 21.8 Å². The Morgan fingerprint density at radius 1 is 1.00 bits per heavy atom. The van der Waals surface area contributed by atoms with Crippen LogP contribution >= 0.6 is 0 Å². The Labute approximate surface area is 186 Å². The van der Waals surface area contributed by atoms with Crippen LogP contribution in [-0.4, -0.2) is 99.1 Å². The summed E-state index contributed by atoms with van der Waals surface area (Å²) in [6.45, 7) is 11.7. The van der Waals surface area contributed by atoms with Crippen molar-refractivity contribution in [3.05, 3.63) is 28.8 Å². The Kier molecular flexibility index (Phi) is 8.62. The van der Waals surface area contributed by atoms with Crippen molar-refractivity contribution in [2.75, 3.05) is 59.9 Å². The van der Waals surface area contributed by atoms with Crippen LogP contribution in [0.1, 0.15) is 41.8 Å². The lowest BCUT2D eigenvalue weighted by molar-refractivity contribution is -0.132. The molecular formula is C22H36N4O4S. The van der Waals surface area contributed by atoms with E-state index in [9.17, 15) is 18.0 Å². The molecule has 2 rings (SSSR count). The first-order valence-electron chi connectivity index (χ1n) is 10.9. The molecule has 9 heteroatoms. The number of benzene rings is 1. The molecule has 1 fully saturated rings. The second-order valence-corrected chi connectivity index (χ2v) is 10.3. The third kappa shape index (κ3) is 5.84. The minimum Gasteiger partial charge on any atom is -0.342 e. The minimum absolute atomic E-state index is 0.109. The zero-order valence-corrected chi connectivity index (χ0v) is 20.5. The van der Waals surface area contributed by atoms with Crippen LogP contribution in [0, 0.1) is 13.8 Å². The van der Waals surface area contributed by atoms with Gasteiger partial charge in [0.25, 0.3) is 5.91 Å². The summed E-state index contributed by atoms with van der Waals surface area (Å²) in [4.78, 5) is 31.5. The SMILES string of the molecule is CCN(CC)C(=O)CN1CCCN(C(=O)c2cc(C)c(C)c(S(=O)(=O)N(C)C)c2)CC1. The number of hydrogen-bond acceptors (Lipinski definition) is 5. The van der Waals surface area contributed by atoms with Crippen LogP contribution < -0.4 is 0 Å². The molecule has 8 nitrogen and oxygen atoms in total. The highest BCUT2D eigenvalue weighted by Gasteiger charge is 2.26. The van der Waals surface area contributed by atoms with Gasteiger partial charge in [-0.05, 0) is 57.4 Å². The molecule has 0 bridgehead atoms. The van der Waals surface area contributed by atoms with Crippen molar-refractivity contribution in [3.8, 4) is 0 Å². The number of hydrogen-bond donors (Lipinski definition) is 0. The molecule has 31 heavy (non-hydrogen) atoms. The molecule has 0 saturated carbocycles. The number of aryl methyl sites for hydroxylation is 1. The number of sulfonamides is 1. The standard InChI is InChI=1S/C22H36N4O4S/c1-7-25(8-2)21(27)16-24-10-9-11-26(13-12-24)22(28)19-14-17(3)18(4)20(15-19)31(29,30)23(5)6/h14-15H,7-13,16H2,1-6H3. The molecule has 0 aromatic heterocycles. The Hall–Kier alpha value is -1.97. The summed E-state index contributed by atoms with van der Waals surface area (Å²) < 4.78 is 26.6. The predicted molar refractivity (Wildman–Crippen MR) is 122 cm³/mol. The van der Waals surface area contributed by atoms with Gasteiger partial charge in [-0.1, -0.05) is 0 Å². The largest absolute Gasteiger partial charge is 0.342 e. The van der Waals surface area contributed by atoms with Crippen molar-refractivity contribution in [1.29, 1.82) is 0 Å². The number of carbonyl (C=O) groups excluding carboxylic acids is 2. The molecule has 1 heterocycles. The molecule has 1 aliphatic rings. The van der Waals surface area contributed by atoms with E-state index in [-0.39, 0.29) is 16.7 Å². The van der Waals surface area contributed by atoms with E-state index in [1.807, 2.05) is 25.7 Å². The molecule has 0 N–H and O–H groups in total. The highest BCUT2D eigenvalue weighted by molar-refractivity contribution is 7.89. The molecule has 0 aliphatic carbocycles. The fourth-order valence-electron chi connectivity index (χ4n) is 3.80. The first-order chi connectivity index (χ1) is 14.5. The van der Waals surface area contributed by atoms with Gasteiger partial charge in [0.05, 0.1) is 11.4 Å². The summed E-state index contributed by atoms with van der Waals surface area (Å²) in [7, 11) is -0.672. The summed E-state index contributed by atoms with van der Waals surface area (Å²) in [5, 5.41) is 0. The van der Waals surface area contributed by atoms with Crippen LogP contribution in [0.3, 0.4) is 0 Å². The van der Waals surface area contributed by atoms with E-state index in [2.05, 4.69) is 4.90 Å². The predicted octanol–water partition coefficient (Wildman–Crippen LogP) is 1.57. The van der Waals surface area contributed by atoms with E-state index in [1.54, 1.807) is 17.9 Å². The molecule has 0 radical (unpaired) electrons. The third-order valence-corrected chi connectivity index (χ3v) is 7.92. The van der Waals surface area contributed by atoms with Crippen molar-refractivity contribution < 1.29 is 18.0 Å². The fourth-order valence-corrected chi connectivity index (χ4v) is 5.01. The Morgan fingerprint density at radius 3 is 2.23 bits per heavy atom. The maximum Gasteiger partial charge on any atom is 0.253 e. The van der Waals surface area contributed by atoms with E-state index in [0.717, 1.165) is 18.5 Å². The Bertz CT molecular complexity index is 910. The second-order valence-electron chi connectivity index (χ2n) is 8.19. The molecule has 2 amide bonds. The average Bonchev–Trinajstić information content (AvgIpc) is 2.95. The van der Waals surface area contributed by atoms with Crippen LogP contribution in [0.2, 0.25) is 0 Å².